The van der Waals surface area contributed by atoms with E-state index in [4.69, 9.17) is 9.47 Å². The summed E-state index contributed by atoms with van der Waals surface area (Å²) in [5.41, 5.74) is -1.38. The average Bonchev–Trinajstić information content (AvgIpc) is 2.86. The van der Waals surface area contributed by atoms with Crippen molar-refractivity contribution < 1.29 is 19.7 Å². The van der Waals surface area contributed by atoms with E-state index in [0.29, 0.717) is 19.4 Å². The van der Waals surface area contributed by atoms with Crippen molar-refractivity contribution in [3.8, 4) is 0 Å². The molecule has 134 valence electrons. The fourth-order valence-electron chi connectivity index (χ4n) is 3.39. The lowest BCUT2D eigenvalue weighted by atomic mass is 9.70. The largest absolute Gasteiger partial charge is 0.507 e. The summed E-state index contributed by atoms with van der Waals surface area (Å²) in [5, 5.41) is 21.3. The molecule has 0 saturated carbocycles. The van der Waals surface area contributed by atoms with E-state index in [1.54, 1.807) is 0 Å². The standard InChI is InChI=1S/C18H33NO4/c1-6-10-19(7-2)12-14-13-22-18(23-14)9-8-17(21,11-15(18)20)16(3,4)5/h11,14,20-21H,6-10,12-13H2,1-5H3. The molecule has 0 amide bonds. The first-order chi connectivity index (χ1) is 10.7. The number of hydrogen-bond donors (Lipinski definition) is 2. The lowest BCUT2D eigenvalue weighted by molar-refractivity contribution is -0.188. The quantitative estimate of drug-likeness (QED) is 0.813. The molecule has 1 spiro atoms. The molecule has 2 rings (SSSR count). The van der Waals surface area contributed by atoms with E-state index in [0.717, 1.165) is 26.1 Å². The molecule has 0 bridgehead atoms. The van der Waals surface area contributed by atoms with Crippen LogP contribution in [0.4, 0.5) is 0 Å². The second kappa shape index (κ2) is 6.71. The predicted molar refractivity (Wildman–Crippen MR) is 90.3 cm³/mol. The van der Waals surface area contributed by atoms with Crippen LogP contribution >= 0.6 is 0 Å². The average molecular weight is 327 g/mol. The maximum atomic E-state index is 10.8. The van der Waals surface area contributed by atoms with Gasteiger partial charge in [0.2, 0.25) is 5.79 Å². The highest BCUT2D eigenvalue weighted by atomic mass is 16.8. The van der Waals surface area contributed by atoms with Gasteiger partial charge < -0.3 is 24.6 Å². The highest BCUT2D eigenvalue weighted by molar-refractivity contribution is 5.21. The van der Waals surface area contributed by atoms with Crippen LogP contribution in [0, 0.1) is 5.41 Å². The van der Waals surface area contributed by atoms with Gasteiger partial charge in [0.15, 0.2) is 5.76 Å². The molecule has 0 aromatic carbocycles. The number of aliphatic hydroxyl groups is 2. The molecule has 0 radical (unpaired) electrons. The summed E-state index contributed by atoms with van der Waals surface area (Å²) in [5.74, 6) is -1.05. The Morgan fingerprint density at radius 2 is 2.00 bits per heavy atom. The van der Waals surface area contributed by atoms with Crippen molar-refractivity contribution in [1.82, 2.24) is 4.90 Å². The van der Waals surface area contributed by atoms with Crippen molar-refractivity contribution >= 4 is 0 Å². The maximum Gasteiger partial charge on any atom is 0.227 e. The normalized spacial score (nSPS) is 35.1. The Hall–Kier alpha value is -0.620. The van der Waals surface area contributed by atoms with Crippen LogP contribution in [0.2, 0.25) is 0 Å². The predicted octanol–water partition coefficient (Wildman–Crippen LogP) is 2.84. The van der Waals surface area contributed by atoms with Crippen LogP contribution in [-0.4, -0.2) is 58.8 Å². The number of rotatable bonds is 5. The van der Waals surface area contributed by atoms with Gasteiger partial charge in [0.1, 0.15) is 0 Å². The zero-order valence-electron chi connectivity index (χ0n) is 15.3. The first kappa shape index (κ1) is 18.7. The molecular weight excluding hydrogens is 294 g/mol. The minimum absolute atomic E-state index is 0.0159. The highest BCUT2D eigenvalue weighted by Crippen LogP contribution is 2.46. The number of likely N-dealkylation sites (N-methyl/N-ethyl adjacent to an activating group) is 1. The van der Waals surface area contributed by atoms with Crippen molar-refractivity contribution in [3.05, 3.63) is 11.8 Å². The van der Waals surface area contributed by atoms with E-state index in [1.165, 1.54) is 6.08 Å². The number of nitrogens with zero attached hydrogens (tertiary/aromatic N) is 1. The van der Waals surface area contributed by atoms with E-state index >= 15 is 0 Å². The lowest BCUT2D eigenvalue weighted by Gasteiger charge is -2.44. The fourth-order valence-corrected chi connectivity index (χ4v) is 3.39. The smallest absolute Gasteiger partial charge is 0.227 e. The van der Waals surface area contributed by atoms with Gasteiger partial charge in [-0.3, -0.25) is 0 Å². The third-order valence-electron chi connectivity index (χ3n) is 5.21. The Morgan fingerprint density at radius 1 is 1.30 bits per heavy atom. The van der Waals surface area contributed by atoms with Crippen molar-refractivity contribution in [1.29, 1.82) is 0 Å². The summed E-state index contributed by atoms with van der Waals surface area (Å²) in [6.07, 6.45) is 3.58. The van der Waals surface area contributed by atoms with Crippen molar-refractivity contribution in [2.45, 2.75) is 71.4 Å². The number of aliphatic hydroxyl groups excluding tert-OH is 1. The van der Waals surface area contributed by atoms with E-state index in [-0.39, 0.29) is 17.3 Å². The van der Waals surface area contributed by atoms with Crippen LogP contribution < -0.4 is 0 Å². The van der Waals surface area contributed by atoms with Crippen LogP contribution in [0.25, 0.3) is 0 Å². The second-order valence-electron chi connectivity index (χ2n) is 7.90. The molecular formula is C18H33NO4. The number of hydrogen-bond acceptors (Lipinski definition) is 5. The molecule has 1 aliphatic heterocycles. The third-order valence-corrected chi connectivity index (χ3v) is 5.21. The monoisotopic (exact) mass is 327 g/mol. The minimum atomic E-state index is -1.06. The van der Waals surface area contributed by atoms with E-state index in [1.807, 2.05) is 20.8 Å². The zero-order valence-corrected chi connectivity index (χ0v) is 15.3. The van der Waals surface area contributed by atoms with Gasteiger partial charge in [-0.15, -0.1) is 0 Å². The molecule has 3 atom stereocenters. The molecule has 2 aliphatic rings. The lowest BCUT2D eigenvalue weighted by Crippen LogP contribution is -2.49. The van der Waals surface area contributed by atoms with Gasteiger partial charge in [0.05, 0.1) is 18.3 Å². The summed E-state index contributed by atoms with van der Waals surface area (Å²) in [4.78, 5) is 2.34. The summed E-state index contributed by atoms with van der Waals surface area (Å²) >= 11 is 0. The molecule has 0 aromatic heterocycles. The van der Waals surface area contributed by atoms with Crippen LogP contribution in [0.5, 0.6) is 0 Å². The van der Waals surface area contributed by atoms with Crippen LogP contribution in [0.3, 0.4) is 0 Å². The van der Waals surface area contributed by atoms with Crippen molar-refractivity contribution in [2.24, 2.45) is 5.41 Å². The van der Waals surface area contributed by atoms with Gasteiger partial charge in [-0.25, -0.2) is 0 Å². The molecule has 1 saturated heterocycles. The SMILES string of the molecule is CCCN(CC)CC1COC2(CCC(O)(C(C)(C)C)C=C2O)O1. The van der Waals surface area contributed by atoms with Crippen LogP contribution in [0.15, 0.2) is 11.8 Å². The molecule has 2 N–H and O–H groups in total. The Balaban J connectivity index is 2.07. The van der Waals surface area contributed by atoms with Crippen molar-refractivity contribution in [2.75, 3.05) is 26.2 Å². The molecule has 23 heavy (non-hydrogen) atoms. The minimum Gasteiger partial charge on any atom is -0.507 e. The highest BCUT2D eigenvalue weighted by Gasteiger charge is 2.53. The third kappa shape index (κ3) is 3.73. The summed E-state index contributed by atoms with van der Waals surface area (Å²) in [7, 11) is 0. The molecule has 5 nitrogen and oxygen atoms in total. The Labute approximate surface area is 140 Å². The molecule has 1 heterocycles. The van der Waals surface area contributed by atoms with E-state index in [9.17, 15) is 10.2 Å². The van der Waals surface area contributed by atoms with Crippen LogP contribution in [-0.2, 0) is 9.47 Å². The topological polar surface area (TPSA) is 62.2 Å². The fraction of sp³-hybridized carbons (Fsp3) is 0.889. The van der Waals surface area contributed by atoms with Gasteiger partial charge in [0.25, 0.3) is 0 Å². The molecule has 0 aromatic rings. The van der Waals surface area contributed by atoms with E-state index < -0.39 is 11.4 Å². The maximum absolute atomic E-state index is 10.8. The van der Waals surface area contributed by atoms with Gasteiger partial charge in [-0.2, -0.15) is 0 Å². The molecule has 1 fully saturated rings. The zero-order chi connectivity index (χ0) is 17.3. The molecule has 1 aliphatic carbocycles. The Kier molecular flexibility index (Phi) is 5.46. The Bertz CT molecular complexity index is 445. The summed E-state index contributed by atoms with van der Waals surface area (Å²) < 4.78 is 12.0. The first-order valence-corrected chi connectivity index (χ1v) is 8.84. The van der Waals surface area contributed by atoms with Crippen molar-refractivity contribution in [3.63, 3.8) is 0 Å². The summed E-state index contributed by atoms with van der Waals surface area (Å²) in [6.45, 7) is 13.5. The van der Waals surface area contributed by atoms with Gasteiger partial charge in [0, 0.05) is 13.0 Å². The number of ether oxygens (including phenoxy) is 2. The van der Waals surface area contributed by atoms with Crippen LogP contribution in [0.1, 0.15) is 53.9 Å². The van der Waals surface area contributed by atoms with Gasteiger partial charge in [-0.1, -0.05) is 34.6 Å². The second-order valence-corrected chi connectivity index (χ2v) is 7.90. The first-order valence-electron chi connectivity index (χ1n) is 8.84. The van der Waals surface area contributed by atoms with Gasteiger partial charge in [-0.05, 0) is 37.4 Å². The molecule has 5 heteroatoms. The Morgan fingerprint density at radius 3 is 2.52 bits per heavy atom. The van der Waals surface area contributed by atoms with Gasteiger partial charge >= 0.3 is 0 Å². The summed E-state index contributed by atoms with van der Waals surface area (Å²) in [6, 6.07) is 0. The van der Waals surface area contributed by atoms with E-state index in [2.05, 4.69) is 18.7 Å². The molecule has 3 unspecified atom stereocenters.